The van der Waals surface area contributed by atoms with Crippen LogP contribution in [0.15, 0.2) is 54.9 Å². The second kappa shape index (κ2) is 9.51. The molecule has 31 heavy (non-hydrogen) atoms. The van der Waals surface area contributed by atoms with E-state index in [0.29, 0.717) is 22.7 Å². The standard InChI is InChI=1S/C20H15Cl2F3N4O2/c21-14-5-3-12(19(31)28-17-6-4-13(11-27-17)20(23,24)25)10-16(14)29(8-9-30)18-15(22)2-1-7-26-18/h1-7,10-11,30H,8-9H2,(H,27,28,31). The quantitative estimate of drug-likeness (QED) is 0.518. The number of carbonyl (C=O) groups is 1. The number of aliphatic hydroxyl groups is 1. The molecule has 0 radical (unpaired) electrons. The van der Waals surface area contributed by atoms with Crippen molar-refractivity contribution in [3.05, 3.63) is 76.0 Å². The van der Waals surface area contributed by atoms with Crippen LogP contribution in [0.5, 0.6) is 0 Å². The number of hydrogen-bond acceptors (Lipinski definition) is 5. The molecular formula is C20H15Cl2F3N4O2. The van der Waals surface area contributed by atoms with Crippen molar-refractivity contribution >= 4 is 46.4 Å². The summed E-state index contributed by atoms with van der Waals surface area (Å²) in [7, 11) is 0. The van der Waals surface area contributed by atoms with Crippen LogP contribution in [0.25, 0.3) is 0 Å². The first kappa shape index (κ1) is 22.8. The summed E-state index contributed by atoms with van der Waals surface area (Å²) in [5.41, 5.74) is -0.397. The average molecular weight is 471 g/mol. The maximum Gasteiger partial charge on any atom is 0.417 e. The minimum Gasteiger partial charge on any atom is -0.395 e. The Bertz CT molecular complexity index is 1080. The predicted octanol–water partition coefficient (Wildman–Crippen LogP) is 5.18. The van der Waals surface area contributed by atoms with Gasteiger partial charge in [0, 0.05) is 24.5 Å². The minimum absolute atomic E-state index is 0.0468. The first-order valence-corrected chi connectivity index (χ1v) is 9.59. The predicted molar refractivity (Wildman–Crippen MR) is 112 cm³/mol. The van der Waals surface area contributed by atoms with Crippen LogP contribution >= 0.6 is 23.2 Å². The van der Waals surface area contributed by atoms with E-state index < -0.39 is 17.6 Å². The number of pyridine rings is 2. The topological polar surface area (TPSA) is 78.4 Å². The maximum absolute atomic E-state index is 12.7. The molecular weight excluding hydrogens is 456 g/mol. The van der Waals surface area contributed by atoms with E-state index in [-0.39, 0.29) is 29.6 Å². The Morgan fingerprint density at radius 2 is 1.87 bits per heavy atom. The van der Waals surface area contributed by atoms with Gasteiger partial charge < -0.3 is 15.3 Å². The van der Waals surface area contributed by atoms with Crippen molar-refractivity contribution in [1.82, 2.24) is 9.97 Å². The lowest BCUT2D eigenvalue weighted by Gasteiger charge is -2.25. The number of amides is 1. The molecule has 0 saturated carbocycles. The maximum atomic E-state index is 12.7. The molecule has 3 aromatic rings. The molecule has 1 aromatic carbocycles. The fourth-order valence-electron chi connectivity index (χ4n) is 2.70. The van der Waals surface area contributed by atoms with Gasteiger partial charge in [0.15, 0.2) is 5.82 Å². The molecule has 0 unspecified atom stereocenters. The minimum atomic E-state index is -4.52. The summed E-state index contributed by atoms with van der Waals surface area (Å²) in [4.78, 5) is 22.0. The van der Waals surface area contributed by atoms with Crippen molar-refractivity contribution in [2.24, 2.45) is 0 Å². The zero-order chi connectivity index (χ0) is 22.6. The number of nitrogens with one attached hydrogen (secondary N) is 1. The van der Waals surface area contributed by atoms with E-state index in [4.69, 9.17) is 23.2 Å². The monoisotopic (exact) mass is 470 g/mol. The third-order valence-electron chi connectivity index (χ3n) is 4.15. The summed E-state index contributed by atoms with van der Waals surface area (Å²) in [6.07, 6.45) is -2.37. The Kier molecular flexibility index (Phi) is 6.99. The molecule has 6 nitrogen and oxygen atoms in total. The van der Waals surface area contributed by atoms with Crippen molar-refractivity contribution in [2.75, 3.05) is 23.4 Å². The van der Waals surface area contributed by atoms with Crippen LogP contribution in [0.2, 0.25) is 10.0 Å². The molecule has 1 amide bonds. The molecule has 0 spiro atoms. The Morgan fingerprint density at radius 1 is 1.10 bits per heavy atom. The van der Waals surface area contributed by atoms with E-state index in [2.05, 4.69) is 15.3 Å². The lowest BCUT2D eigenvalue weighted by atomic mass is 10.1. The van der Waals surface area contributed by atoms with E-state index in [0.717, 1.165) is 12.1 Å². The molecule has 0 aliphatic carbocycles. The molecule has 0 aliphatic heterocycles. The van der Waals surface area contributed by atoms with E-state index in [9.17, 15) is 23.1 Å². The van der Waals surface area contributed by atoms with Gasteiger partial charge in [0.1, 0.15) is 5.82 Å². The second-order valence-corrected chi connectivity index (χ2v) is 7.05. The van der Waals surface area contributed by atoms with Crippen molar-refractivity contribution < 1.29 is 23.1 Å². The van der Waals surface area contributed by atoms with Crippen molar-refractivity contribution in [3.8, 4) is 0 Å². The zero-order valence-corrected chi connectivity index (χ0v) is 17.2. The van der Waals surface area contributed by atoms with Crippen LogP contribution in [0.1, 0.15) is 15.9 Å². The molecule has 0 fully saturated rings. The van der Waals surface area contributed by atoms with Gasteiger partial charge in [-0.25, -0.2) is 9.97 Å². The highest BCUT2D eigenvalue weighted by molar-refractivity contribution is 6.35. The Labute approximate surface area is 185 Å². The molecule has 2 N–H and O–H groups in total. The summed E-state index contributed by atoms with van der Waals surface area (Å²) in [6.45, 7) is -0.142. The molecule has 3 rings (SSSR count). The van der Waals surface area contributed by atoms with Gasteiger partial charge >= 0.3 is 6.18 Å². The number of aromatic nitrogens is 2. The van der Waals surface area contributed by atoms with Crippen molar-refractivity contribution in [3.63, 3.8) is 0 Å². The Hall–Kier alpha value is -2.88. The number of carbonyl (C=O) groups excluding carboxylic acids is 1. The number of halogens is 5. The zero-order valence-electron chi connectivity index (χ0n) is 15.7. The number of anilines is 3. The first-order valence-electron chi connectivity index (χ1n) is 8.84. The van der Waals surface area contributed by atoms with Gasteiger partial charge in [0.05, 0.1) is 27.9 Å². The van der Waals surface area contributed by atoms with Crippen LogP contribution in [-0.2, 0) is 6.18 Å². The van der Waals surface area contributed by atoms with Gasteiger partial charge in [-0.05, 0) is 42.5 Å². The molecule has 2 heterocycles. The number of hydrogen-bond donors (Lipinski definition) is 2. The molecule has 0 bridgehead atoms. The normalized spacial score (nSPS) is 11.3. The smallest absolute Gasteiger partial charge is 0.395 e. The van der Waals surface area contributed by atoms with Crippen LogP contribution in [0.3, 0.4) is 0 Å². The third kappa shape index (κ3) is 5.43. The van der Waals surface area contributed by atoms with Crippen LogP contribution < -0.4 is 10.2 Å². The van der Waals surface area contributed by atoms with Crippen molar-refractivity contribution in [2.45, 2.75) is 6.18 Å². The number of alkyl halides is 3. The summed E-state index contributed by atoms with van der Waals surface area (Å²) in [5, 5.41) is 12.5. The Morgan fingerprint density at radius 3 is 2.48 bits per heavy atom. The van der Waals surface area contributed by atoms with Gasteiger partial charge in [-0.2, -0.15) is 13.2 Å². The van der Waals surface area contributed by atoms with Crippen LogP contribution in [-0.4, -0.2) is 34.1 Å². The summed E-state index contributed by atoms with van der Waals surface area (Å²) >= 11 is 12.5. The highest BCUT2D eigenvalue weighted by Gasteiger charge is 2.30. The van der Waals surface area contributed by atoms with E-state index in [1.165, 1.54) is 24.4 Å². The molecule has 0 saturated heterocycles. The fraction of sp³-hybridized carbons (Fsp3) is 0.150. The van der Waals surface area contributed by atoms with Crippen LogP contribution in [0.4, 0.5) is 30.5 Å². The second-order valence-electron chi connectivity index (χ2n) is 6.23. The Balaban J connectivity index is 1.89. The summed E-state index contributed by atoms with van der Waals surface area (Å²) in [5.74, 6) is -0.321. The SMILES string of the molecule is O=C(Nc1ccc(C(F)(F)F)cn1)c1ccc(Cl)c(N(CCO)c2ncccc2Cl)c1. The van der Waals surface area contributed by atoms with E-state index in [1.807, 2.05) is 0 Å². The van der Waals surface area contributed by atoms with Gasteiger partial charge in [0.25, 0.3) is 5.91 Å². The number of aliphatic hydroxyl groups excluding tert-OH is 1. The van der Waals surface area contributed by atoms with Gasteiger partial charge in [-0.1, -0.05) is 23.2 Å². The molecule has 162 valence electrons. The summed E-state index contributed by atoms with van der Waals surface area (Å²) in [6, 6.07) is 9.53. The van der Waals surface area contributed by atoms with Gasteiger partial charge in [-0.3, -0.25) is 4.79 Å². The van der Waals surface area contributed by atoms with Crippen molar-refractivity contribution in [1.29, 1.82) is 0 Å². The summed E-state index contributed by atoms with van der Waals surface area (Å²) < 4.78 is 38.0. The molecule has 0 aliphatic rings. The van der Waals surface area contributed by atoms with E-state index in [1.54, 1.807) is 17.0 Å². The van der Waals surface area contributed by atoms with Gasteiger partial charge in [0.2, 0.25) is 0 Å². The molecule has 0 atom stereocenters. The number of rotatable bonds is 6. The van der Waals surface area contributed by atoms with Gasteiger partial charge in [-0.15, -0.1) is 0 Å². The molecule has 11 heteroatoms. The average Bonchev–Trinajstić information content (AvgIpc) is 2.73. The largest absolute Gasteiger partial charge is 0.417 e. The van der Waals surface area contributed by atoms with E-state index >= 15 is 0 Å². The highest BCUT2D eigenvalue weighted by Crippen LogP contribution is 2.35. The number of benzene rings is 1. The first-order chi connectivity index (χ1) is 14.7. The van der Waals surface area contributed by atoms with Crippen LogP contribution in [0, 0.1) is 0 Å². The molecule has 2 aromatic heterocycles. The lowest BCUT2D eigenvalue weighted by molar-refractivity contribution is -0.137. The fourth-order valence-corrected chi connectivity index (χ4v) is 3.14. The third-order valence-corrected chi connectivity index (χ3v) is 4.76. The highest BCUT2D eigenvalue weighted by atomic mass is 35.5. The number of nitrogens with zero attached hydrogens (tertiary/aromatic N) is 3. The lowest BCUT2D eigenvalue weighted by Crippen LogP contribution is -2.23.